The normalized spacial score (nSPS) is 24.5. The Morgan fingerprint density at radius 2 is 2.17 bits per heavy atom. The van der Waals surface area contributed by atoms with Crippen molar-refractivity contribution in [3.63, 3.8) is 0 Å². The second kappa shape index (κ2) is 4.49. The lowest BCUT2D eigenvalue weighted by molar-refractivity contribution is 0.0253. The van der Waals surface area contributed by atoms with Gasteiger partial charge in [0.05, 0.1) is 12.1 Å². The van der Waals surface area contributed by atoms with Gasteiger partial charge in [-0.05, 0) is 12.8 Å². The van der Waals surface area contributed by atoms with E-state index in [1.54, 1.807) is 7.11 Å². The fourth-order valence-corrected chi connectivity index (χ4v) is 2.64. The fourth-order valence-electron chi connectivity index (χ4n) is 2.64. The summed E-state index contributed by atoms with van der Waals surface area (Å²) >= 11 is 0. The summed E-state index contributed by atoms with van der Waals surface area (Å²) in [6, 6.07) is 0.183. The largest absolute Gasteiger partial charge is 0.382 e. The number of methoxy groups -OCH3 is 1. The first-order chi connectivity index (χ1) is 8.81. The summed E-state index contributed by atoms with van der Waals surface area (Å²) in [6.45, 7) is 0. The zero-order chi connectivity index (χ0) is 12.5. The fraction of sp³-hybridized carbons (Fsp3) is 0.636. The summed E-state index contributed by atoms with van der Waals surface area (Å²) in [6.07, 6.45) is 6.05. The molecule has 2 N–H and O–H groups in total. The van der Waals surface area contributed by atoms with Crippen LogP contribution < -0.4 is 5.73 Å². The molecule has 7 nitrogen and oxygen atoms in total. The summed E-state index contributed by atoms with van der Waals surface area (Å²) in [7, 11) is 1.74. The van der Waals surface area contributed by atoms with Crippen molar-refractivity contribution < 1.29 is 4.74 Å². The van der Waals surface area contributed by atoms with Crippen molar-refractivity contribution >= 4 is 17.0 Å². The molecule has 18 heavy (non-hydrogen) atoms. The van der Waals surface area contributed by atoms with E-state index in [1.807, 2.05) is 4.68 Å². The lowest BCUT2D eigenvalue weighted by Gasteiger charge is -2.30. The molecular formula is C11H16N6O. The molecule has 0 aromatic carbocycles. The minimum absolute atomic E-state index is 0.167. The molecule has 0 amide bonds. The van der Waals surface area contributed by atoms with E-state index in [4.69, 9.17) is 10.5 Å². The van der Waals surface area contributed by atoms with Gasteiger partial charge in [0.2, 0.25) is 0 Å². The Morgan fingerprint density at radius 1 is 1.33 bits per heavy atom. The zero-order valence-electron chi connectivity index (χ0n) is 10.3. The molecule has 0 aliphatic heterocycles. The van der Waals surface area contributed by atoms with Gasteiger partial charge in [-0.3, -0.25) is 0 Å². The lowest BCUT2D eigenvalue weighted by atomic mass is 9.92. The van der Waals surface area contributed by atoms with Crippen LogP contribution in [0.2, 0.25) is 0 Å². The molecule has 0 spiro atoms. The zero-order valence-corrected chi connectivity index (χ0v) is 10.3. The first kappa shape index (κ1) is 11.3. The van der Waals surface area contributed by atoms with Gasteiger partial charge in [-0.1, -0.05) is 18.1 Å². The van der Waals surface area contributed by atoms with Gasteiger partial charge in [0.1, 0.15) is 6.33 Å². The Morgan fingerprint density at radius 3 is 3.00 bits per heavy atom. The molecule has 2 aromatic rings. The SMILES string of the molecule is COC1CCCCC1n1nnc2c(N)ncnc21. The van der Waals surface area contributed by atoms with Gasteiger partial charge in [0.25, 0.3) is 0 Å². The van der Waals surface area contributed by atoms with Gasteiger partial charge in [0.15, 0.2) is 17.0 Å². The Balaban J connectivity index is 2.05. The Kier molecular flexibility index (Phi) is 2.83. The van der Waals surface area contributed by atoms with Crippen molar-refractivity contribution in [3.8, 4) is 0 Å². The predicted molar refractivity (Wildman–Crippen MR) is 65.8 cm³/mol. The molecule has 96 valence electrons. The minimum Gasteiger partial charge on any atom is -0.382 e. The van der Waals surface area contributed by atoms with Gasteiger partial charge in [-0.25, -0.2) is 14.6 Å². The second-order valence-electron chi connectivity index (χ2n) is 4.59. The summed E-state index contributed by atoms with van der Waals surface area (Å²) in [5.41, 5.74) is 7.03. The maximum atomic E-state index is 5.77. The predicted octanol–water partition coefficient (Wildman–Crippen LogP) is 0.934. The van der Waals surface area contributed by atoms with Gasteiger partial charge in [-0.15, -0.1) is 5.10 Å². The van der Waals surface area contributed by atoms with Gasteiger partial charge >= 0.3 is 0 Å². The number of hydrogen-bond donors (Lipinski definition) is 1. The van der Waals surface area contributed by atoms with Gasteiger partial charge in [-0.2, -0.15) is 0 Å². The lowest BCUT2D eigenvalue weighted by Crippen LogP contribution is -2.30. The number of nitrogens with two attached hydrogens (primary N) is 1. The van der Waals surface area contributed by atoms with Gasteiger partial charge < -0.3 is 10.5 Å². The first-order valence-electron chi connectivity index (χ1n) is 6.15. The standard InChI is InChI=1S/C11H16N6O/c1-18-8-5-3-2-4-7(8)17-11-9(15-16-17)10(12)13-6-14-11/h6-8H,2-5H2,1H3,(H2,12,13,14). The summed E-state index contributed by atoms with van der Waals surface area (Å²) < 4.78 is 7.38. The van der Waals surface area contributed by atoms with Crippen LogP contribution in [-0.4, -0.2) is 38.2 Å². The van der Waals surface area contributed by atoms with Crippen molar-refractivity contribution in [1.29, 1.82) is 0 Å². The van der Waals surface area contributed by atoms with Crippen LogP contribution in [0.1, 0.15) is 31.7 Å². The molecular weight excluding hydrogens is 232 g/mol. The molecule has 7 heteroatoms. The molecule has 0 radical (unpaired) electrons. The summed E-state index contributed by atoms with van der Waals surface area (Å²) in [5.74, 6) is 0.371. The van der Waals surface area contributed by atoms with Crippen molar-refractivity contribution in [2.75, 3.05) is 12.8 Å². The van der Waals surface area contributed by atoms with E-state index in [-0.39, 0.29) is 12.1 Å². The Labute approximate surface area is 104 Å². The van der Waals surface area contributed by atoms with E-state index in [0.717, 1.165) is 12.8 Å². The molecule has 0 bridgehead atoms. The van der Waals surface area contributed by atoms with E-state index >= 15 is 0 Å². The third-order valence-electron chi connectivity index (χ3n) is 3.57. The van der Waals surface area contributed by atoms with Crippen molar-refractivity contribution in [1.82, 2.24) is 25.0 Å². The molecule has 2 atom stereocenters. The molecule has 1 fully saturated rings. The topological polar surface area (TPSA) is 91.7 Å². The minimum atomic E-state index is 0.167. The van der Waals surface area contributed by atoms with Crippen LogP contribution in [0.4, 0.5) is 5.82 Å². The van der Waals surface area contributed by atoms with Gasteiger partial charge in [0, 0.05) is 7.11 Å². The van der Waals surface area contributed by atoms with E-state index in [1.165, 1.54) is 19.2 Å². The van der Waals surface area contributed by atoms with E-state index in [9.17, 15) is 0 Å². The smallest absolute Gasteiger partial charge is 0.184 e. The highest BCUT2D eigenvalue weighted by atomic mass is 16.5. The van der Waals surface area contributed by atoms with E-state index < -0.39 is 0 Å². The molecule has 1 aliphatic carbocycles. The monoisotopic (exact) mass is 248 g/mol. The highest BCUT2D eigenvalue weighted by Gasteiger charge is 2.29. The Hall–Kier alpha value is -1.76. The van der Waals surface area contributed by atoms with Crippen molar-refractivity contribution in [3.05, 3.63) is 6.33 Å². The number of hydrogen-bond acceptors (Lipinski definition) is 6. The van der Waals surface area contributed by atoms with Crippen LogP contribution in [0.15, 0.2) is 6.33 Å². The molecule has 2 unspecified atom stereocenters. The highest BCUT2D eigenvalue weighted by molar-refractivity contribution is 5.80. The summed E-state index contributed by atoms with van der Waals surface area (Å²) in [4.78, 5) is 8.16. The molecule has 2 aromatic heterocycles. The van der Waals surface area contributed by atoms with Crippen LogP contribution in [0, 0.1) is 0 Å². The first-order valence-corrected chi connectivity index (χ1v) is 6.15. The number of nitrogen functional groups attached to an aromatic ring is 1. The maximum absolute atomic E-state index is 5.77. The second-order valence-corrected chi connectivity index (χ2v) is 4.59. The van der Waals surface area contributed by atoms with Crippen LogP contribution in [0.5, 0.6) is 0 Å². The molecule has 1 aliphatic rings. The van der Waals surface area contributed by atoms with E-state index in [2.05, 4.69) is 20.3 Å². The third-order valence-corrected chi connectivity index (χ3v) is 3.57. The number of anilines is 1. The quantitative estimate of drug-likeness (QED) is 0.850. The van der Waals surface area contributed by atoms with Crippen LogP contribution in [-0.2, 0) is 4.74 Å². The number of rotatable bonds is 2. The maximum Gasteiger partial charge on any atom is 0.184 e. The molecule has 3 rings (SSSR count). The van der Waals surface area contributed by atoms with Crippen LogP contribution >= 0.6 is 0 Å². The molecule has 2 heterocycles. The van der Waals surface area contributed by atoms with Crippen molar-refractivity contribution in [2.24, 2.45) is 0 Å². The van der Waals surface area contributed by atoms with Crippen LogP contribution in [0.25, 0.3) is 11.2 Å². The number of nitrogens with zero attached hydrogens (tertiary/aromatic N) is 5. The van der Waals surface area contributed by atoms with E-state index in [0.29, 0.717) is 17.0 Å². The number of ether oxygens (including phenoxy) is 1. The molecule has 1 saturated carbocycles. The average Bonchev–Trinajstić information content (AvgIpc) is 2.84. The number of fused-ring (bicyclic) bond motifs is 1. The Bertz CT molecular complexity index is 553. The van der Waals surface area contributed by atoms with Crippen LogP contribution in [0.3, 0.4) is 0 Å². The van der Waals surface area contributed by atoms with Crippen molar-refractivity contribution in [2.45, 2.75) is 37.8 Å². The average molecular weight is 248 g/mol. The third kappa shape index (κ3) is 1.71. The molecule has 0 saturated heterocycles. The highest BCUT2D eigenvalue weighted by Crippen LogP contribution is 2.31. The summed E-state index contributed by atoms with van der Waals surface area (Å²) in [5, 5.41) is 8.25. The number of aromatic nitrogens is 5.